The van der Waals surface area contributed by atoms with E-state index in [0.29, 0.717) is 11.8 Å². The summed E-state index contributed by atoms with van der Waals surface area (Å²) in [5, 5.41) is 2.93. The molecule has 3 atom stereocenters. The molecule has 1 aliphatic rings. The SMILES string of the molecule is C[C@H]1[C@H](C)CCC[C@@H]1NC(=O)COC(=O)c1cccc(F)c1. The summed E-state index contributed by atoms with van der Waals surface area (Å²) in [6, 6.07) is 5.34. The van der Waals surface area contributed by atoms with Crippen LogP contribution in [-0.2, 0) is 9.53 Å². The van der Waals surface area contributed by atoms with Gasteiger partial charge in [-0.05, 0) is 36.5 Å². The van der Waals surface area contributed by atoms with Gasteiger partial charge >= 0.3 is 5.97 Å². The van der Waals surface area contributed by atoms with Gasteiger partial charge in [0.2, 0.25) is 0 Å². The van der Waals surface area contributed by atoms with Gasteiger partial charge in [0, 0.05) is 6.04 Å². The van der Waals surface area contributed by atoms with Crippen molar-refractivity contribution in [3.8, 4) is 0 Å². The van der Waals surface area contributed by atoms with Crippen LogP contribution in [0.3, 0.4) is 0 Å². The van der Waals surface area contributed by atoms with Crippen molar-refractivity contribution < 1.29 is 18.7 Å². The van der Waals surface area contributed by atoms with Crippen LogP contribution in [0.4, 0.5) is 4.39 Å². The third-order valence-corrected chi connectivity index (χ3v) is 4.45. The Morgan fingerprint density at radius 1 is 1.32 bits per heavy atom. The van der Waals surface area contributed by atoms with Crippen molar-refractivity contribution in [2.75, 3.05) is 6.61 Å². The maximum atomic E-state index is 13.0. The highest BCUT2D eigenvalue weighted by Crippen LogP contribution is 2.29. The largest absolute Gasteiger partial charge is 0.452 e. The van der Waals surface area contributed by atoms with Crippen LogP contribution in [0.2, 0.25) is 0 Å². The first kappa shape index (κ1) is 16.5. The molecule has 1 aromatic rings. The molecule has 0 radical (unpaired) electrons. The molecule has 1 amide bonds. The van der Waals surface area contributed by atoms with E-state index in [1.54, 1.807) is 0 Å². The van der Waals surface area contributed by atoms with E-state index < -0.39 is 11.8 Å². The molecule has 0 aliphatic heterocycles. The summed E-state index contributed by atoms with van der Waals surface area (Å²) in [7, 11) is 0. The fourth-order valence-electron chi connectivity index (χ4n) is 2.86. The van der Waals surface area contributed by atoms with Crippen molar-refractivity contribution in [1.29, 1.82) is 0 Å². The van der Waals surface area contributed by atoms with Crippen LogP contribution in [0.15, 0.2) is 24.3 Å². The van der Waals surface area contributed by atoms with E-state index in [9.17, 15) is 14.0 Å². The zero-order valence-electron chi connectivity index (χ0n) is 13.0. The van der Waals surface area contributed by atoms with Crippen LogP contribution < -0.4 is 5.32 Å². The summed E-state index contributed by atoms with van der Waals surface area (Å²) >= 11 is 0. The lowest BCUT2D eigenvalue weighted by molar-refractivity contribution is -0.125. The lowest BCUT2D eigenvalue weighted by Gasteiger charge is -2.34. The molecule has 0 bridgehead atoms. The van der Waals surface area contributed by atoms with Crippen molar-refractivity contribution in [1.82, 2.24) is 5.32 Å². The van der Waals surface area contributed by atoms with Crippen molar-refractivity contribution in [3.05, 3.63) is 35.6 Å². The van der Waals surface area contributed by atoms with Crippen molar-refractivity contribution in [2.45, 2.75) is 39.2 Å². The fourth-order valence-corrected chi connectivity index (χ4v) is 2.86. The Morgan fingerprint density at radius 2 is 2.09 bits per heavy atom. The molecule has 0 saturated heterocycles. The Hall–Kier alpha value is -1.91. The number of benzene rings is 1. The van der Waals surface area contributed by atoms with Crippen LogP contribution in [0, 0.1) is 17.7 Å². The number of hydrogen-bond donors (Lipinski definition) is 1. The number of rotatable bonds is 4. The van der Waals surface area contributed by atoms with Crippen LogP contribution in [0.1, 0.15) is 43.5 Å². The second-order valence-electron chi connectivity index (χ2n) is 6.03. The molecule has 120 valence electrons. The third-order valence-electron chi connectivity index (χ3n) is 4.45. The van der Waals surface area contributed by atoms with Crippen molar-refractivity contribution in [2.24, 2.45) is 11.8 Å². The highest BCUT2D eigenvalue weighted by molar-refractivity contribution is 5.91. The summed E-state index contributed by atoms with van der Waals surface area (Å²) in [6.45, 7) is 3.98. The molecule has 5 heteroatoms. The van der Waals surface area contributed by atoms with E-state index in [0.717, 1.165) is 18.9 Å². The van der Waals surface area contributed by atoms with Gasteiger partial charge in [0.05, 0.1) is 5.56 Å². The normalized spacial score (nSPS) is 24.6. The number of carbonyl (C=O) groups is 2. The Bertz CT molecular complexity index is 546. The lowest BCUT2D eigenvalue weighted by atomic mass is 9.78. The number of nitrogens with one attached hydrogen (secondary N) is 1. The van der Waals surface area contributed by atoms with E-state index in [1.807, 2.05) is 0 Å². The predicted octanol–water partition coefficient (Wildman–Crippen LogP) is 2.92. The molecule has 0 aromatic heterocycles. The lowest BCUT2D eigenvalue weighted by Crippen LogP contribution is -2.45. The molecular formula is C17H22FNO3. The van der Waals surface area contributed by atoms with Gasteiger partial charge in [-0.3, -0.25) is 4.79 Å². The zero-order chi connectivity index (χ0) is 16.1. The Kier molecular flexibility index (Phi) is 5.52. The van der Waals surface area contributed by atoms with Gasteiger partial charge < -0.3 is 10.1 Å². The smallest absolute Gasteiger partial charge is 0.338 e. The molecule has 0 spiro atoms. The Morgan fingerprint density at radius 3 is 2.82 bits per heavy atom. The van der Waals surface area contributed by atoms with Crippen LogP contribution in [0.5, 0.6) is 0 Å². The van der Waals surface area contributed by atoms with Crippen molar-refractivity contribution >= 4 is 11.9 Å². The summed E-state index contributed by atoms with van der Waals surface area (Å²) in [4.78, 5) is 23.6. The maximum absolute atomic E-state index is 13.0. The molecule has 1 aromatic carbocycles. The summed E-state index contributed by atoms with van der Waals surface area (Å²) in [5.41, 5.74) is 0.104. The number of carbonyl (C=O) groups excluding carboxylic acids is 2. The molecule has 4 nitrogen and oxygen atoms in total. The molecule has 2 rings (SSSR count). The predicted molar refractivity (Wildman–Crippen MR) is 80.8 cm³/mol. The second kappa shape index (κ2) is 7.38. The monoisotopic (exact) mass is 307 g/mol. The fraction of sp³-hybridized carbons (Fsp3) is 0.529. The first-order chi connectivity index (χ1) is 10.5. The molecule has 1 saturated carbocycles. The van der Waals surface area contributed by atoms with E-state index >= 15 is 0 Å². The number of halogens is 1. The first-order valence-electron chi connectivity index (χ1n) is 7.69. The standard InChI is InChI=1S/C17H22FNO3/c1-11-5-3-8-15(12(11)2)19-16(20)10-22-17(21)13-6-4-7-14(18)9-13/h4,6-7,9,11-12,15H,3,5,8,10H2,1-2H3,(H,19,20)/t11-,12+,15+/m1/s1. The summed E-state index contributed by atoms with van der Waals surface area (Å²) < 4.78 is 18.0. The maximum Gasteiger partial charge on any atom is 0.338 e. The van der Waals surface area contributed by atoms with Crippen molar-refractivity contribution in [3.63, 3.8) is 0 Å². The number of esters is 1. The van der Waals surface area contributed by atoms with E-state index in [-0.39, 0.29) is 24.1 Å². The summed E-state index contributed by atoms with van der Waals surface area (Å²) in [6.07, 6.45) is 3.23. The average Bonchev–Trinajstić information content (AvgIpc) is 2.49. The summed E-state index contributed by atoms with van der Waals surface area (Å²) in [5.74, 6) is -0.523. The molecule has 0 heterocycles. The topological polar surface area (TPSA) is 55.4 Å². The van der Waals surface area contributed by atoms with Crippen LogP contribution >= 0.6 is 0 Å². The minimum Gasteiger partial charge on any atom is -0.452 e. The quantitative estimate of drug-likeness (QED) is 0.870. The molecule has 1 N–H and O–H groups in total. The van der Waals surface area contributed by atoms with Gasteiger partial charge in [0.1, 0.15) is 5.82 Å². The first-order valence-corrected chi connectivity index (χ1v) is 7.69. The molecule has 1 fully saturated rings. The minimum absolute atomic E-state index is 0.104. The molecule has 22 heavy (non-hydrogen) atoms. The average molecular weight is 307 g/mol. The third kappa shape index (κ3) is 4.29. The van der Waals surface area contributed by atoms with E-state index in [2.05, 4.69) is 19.2 Å². The number of hydrogen-bond acceptors (Lipinski definition) is 3. The zero-order valence-corrected chi connectivity index (χ0v) is 13.0. The minimum atomic E-state index is -0.695. The Balaban J connectivity index is 1.81. The van der Waals surface area contributed by atoms with Gasteiger partial charge in [0.15, 0.2) is 6.61 Å². The highest BCUT2D eigenvalue weighted by atomic mass is 19.1. The Labute approximate surface area is 130 Å². The van der Waals surface area contributed by atoms with Gasteiger partial charge in [-0.2, -0.15) is 0 Å². The second-order valence-corrected chi connectivity index (χ2v) is 6.03. The van der Waals surface area contributed by atoms with Gasteiger partial charge in [-0.1, -0.05) is 32.8 Å². The van der Waals surface area contributed by atoms with E-state index in [1.165, 1.54) is 24.6 Å². The van der Waals surface area contributed by atoms with Crippen LogP contribution in [-0.4, -0.2) is 24.5 Å². The van der Waals surface area contributed by atoms with Gasteiger partial charge in [0.25, 0.3) is 5.91 Å². The molecule has 1 aliphatic carbocycles. The van der Waals surface area contributed by atoms with Gasteiger partial charge in [-0.15, -0.1) is 0 Å². The molecular weight excluding hydrogens is 285 g/mol. The number of amides is 1. The van der Waals surface area contributed by atoms with Gasteiger partial charge in [-0.25, -0.2) is 9.18 Å². The number of ether oxygens (including phenoxy) is 1. The van der Waals surface area contributed by atoms with Crippen LogP contribution in [0.25, 0.3) is 0 Å². The molecule has 0 unspecified atom stereocenters. The van der Waals surface area contributed by atoms with E-state index in [4.69, 9.17) is 4.74 Å². The highest BCUT2D eigenvalue weighted by Gasteiger charge is 2.28.